The number of benzene rings is 1. The summed E-state index contributed by atoms with van der Waals surface area (Å²) in [6.07, 6.45) is 13.7. The zero-order chi connectivity index (χ0) is 15.2. The molecular formula is C18H30O2P+. The zero-order valence-corrected chi connectivity index (χ0v) is 14.3. The Hall–Kier alpha value is -0.880. The van der Waals surface area contributed by atoms with Gasteiger partial charge in [0, 0.05) is 0 Å². The van der Waals surface area contributed by atoms with E-state index in [1.165, 1.54) is 57.8 Å². The monoisotopic (exact) mass is 309 g/mol. The van der Waals surface area contributed by atoms with Gasteiger partial charge in [-0.05, 0) is 29.5 Å². The summed E-state index contributed by atoms with van der Waals surface area (Å²) >= 11 is 0. The predicted octanol–water partition coefficient (Wildman–Crippen LogP) is 6.73. The number of hydrogen-bond donors (Lipinski definition) is 0. The molecule has 2 nitrogen and oxygen atoms in total. The van der Waals surface area contributed by atoms with Crippen LogP contribution in [0.2, 0.25) is 0 Å². The lowest BCUT2D eigenvalue weighted by atomic mass is 10.1. The third kappa shape index (κ3) is 10.5. The van der Waals surface area contributed by atoms with Gasteiger partial charge in [-0.2, -0.15) is 0 Å². The van der Waals surface area contributed by atoms with Crippen molar-refractivity contribution in [2.75, 3.05) is 6.16 Å². The molecule has 0 aromatic heterocycles. The summed E-state index contributed by atoms with van der Waals surface area (Å²) in [5, 5.41) is 0. The van der Waals surface area contributed by atoms with E-state index in [9.17, 15) is 4.57 Å². The third-order valence-corrected chi connectivity index (χ3v) is 4.74. The molecule has 0 aliphatic heterocycles. The van der Waals surface area contributed by atoms with E-state index in [0.29, 0.717) is 11.9 Å². The molecule has 0 radical (unpaired) electrons. The Balaban J connectivity index is 1.89. The highest BCUT2D eigenvalue weighted by Gasteiger charge is 2.17. The maximum atomic E-state index is 11.8. The van der Waals surface area contributed by atoms with E-state index in [-0.39, 0.29) is 0 Å². The molecule has 1 aromatic rings. The predicted molar refractivity (Wildman–Crippen MR) is 91.4 cm³/mol. The van der Waals surface area contributed by atoms with Gasteiger partial charge in [0.15, 0.2) is 11.9 Å². The van der Waals surface area contributed by atoms with Crippen LogP contribution >= 0.6 is 8.03 Å². The van der Waals surface area contributed by atoms with E-state index < -0.39 is 8.03 Å². The van der Waals surface area contributed by atoms with Crippen LogP contribution in [-0.2, 0) is 4.57 Å². The van der Waals surface area contributed by atoms with Crippen LogP contribution in [0, 0.1) is 0 Å². The molecule has 0 saturated heterocycles. The van der Waals surface area contributed by atoms with Crippen LogP contribution in [0.15, 0.2) is 30.3 Å². The summed E-state index contributed by atoms with van der Waals surface area (Å²) in [5.41, 5.74) is 0. The molecular weight excluding hydrogens is 279 g/mol. The molecule has 1 unspecified atom stereocenters. The Morgan fingerprint density at radius 3 is 1.90 bits per heavy atom. The van der Waals surface area contributed by atoms with Crippen LogP contribution in [-0.4, -0.2) is 6.16 Å². The van der Waals surface area contributed by atoms with E-state index in [4.69, 9.17) is 4.52 Å². The SMILES string of the molecule is CCCCCCCCCCCC[P+](=O)Oc1ccccc1. The molecule has 0 heterocycles. The van der Waals surface area contributed by atoms with Crippen molar-refractivity contribution in [1.82, 2.24) is 0 Å². The highest BCUT2D eigenvalue weighted by Crippen LogP contribution is 2.27. The number of unbranched alkanes of at least 4 members (excludes halogenated alkanes) is 9. The molecule has 3 heteroatoms. The first-order valence-corrected chi connectivity index (χ1v) is 9.87. The standard InChI is InChI=1S/C18H30O2P/c1-2-3-4-5-6-7-8-9-10-14-17-21(19)20-18-15-12-11-13-16-18/h11-13,15-16H,2-10,14,17H2,1H3/q+1. The lowest BCUT2D eigenvalue weighted by Crippen LogP contribution is -1.88. The molecule has 0 fully saturated rings. The Kier molecular flexibility index (Phi) is 11.1. The summed E-state index contributed by atoms with van der Waals surface area (Å²) < 4.78 is 17.2. The first-order chi connectivity index (χ1) is 10.3. The Bertz CT molecular complexity index is 365. The van der Waals surface area contributed by atoms with Crippen molar-refractivity contribution < 1.29 is 9.09 Å². The van der Waals surface area contributed by atoms with Crippen LogP contribution in [0.3, 0.4) is 0 Å². The van der Waals surface area contributed by atoms with E-state index in [1.54, 1.807) is 0 Å². The van der Waals surface area contributed by atoms with Gasteiger partial charge in [-0.25, -0.2) is 0 Å². The molecule has 118 valence electrons. The van der Waals surface area contributed by atoms with Gasteiger partial charge in [0.05, 0.1) is 0 Å². The van der Waals surface area contributed by atoms with Gasteiger partial charge in [0.25, 0.3) is 0 Å². The molecule has 21 heavy (non-hydrogen) atoms. The van der Waals surface area contributed by atoms with Crippen molar-refractivity contribution in [1.29, 1.82) is 0 Å². The van der Waals surface area contributed by atoms with Gasteiger partial charge in [0.2, 0.25) is 0 Å². The lowest BCUT2D eigenvalue weighted by Gasteiger charge is -2.00. The van der Waals surface area contributed by atoms with E-state index in [0.717, 1.165) is 6.42 Å². The molecule has 0 spiro atoms. The first-order valence-electron chi connectivity index (χ1n) is 8.50. The average Bonchev–Trinajstić information content (AvgIpc) is 2.50. The highest BCUT2D eigenvalue weighted by molar-refractivity contribution is 7.39. The van der Waals surface area contributed by atoms with Crippen molar-refractivity contribution in [2.45, 2.75) is 71.1 Å². The summed E-state index contributed by atoms with van der Waals surface area (Å²) in [6, 6.07) is 9.44. The van der Waals surface area contributed by atoms with E-state index in [2.05, 4.69) is 6.92 Å². The summed E-state index contributed by atoms with van der Waals surface area (Å²) in [7, 11) is -1.54. The van der Waals surface area contributed by atoms with Gasteiger partial charge in [-0.3, -0.25) is 4.52 Å². The largest absolute Gasteiger partial charge is 0.556 e. The minimum atomic E-state index is -1.54. The fraction of sp³-hybridized carbons (Fsp3) is 0.667. The van der Waals surface area contributed by atoms with Gasteiger partial charge < -0.3 is 0 Å². The maximum absolute atomic E-state index is 11.8. The second kappa shape index (κ2) is 12.8. The summed E-state index contributed by atoms with van der Waals surface area (Å²) in [4.78, 5) is 0. The molecule has 0 aliphatic carbocycles. The fourth-order valence-corrected chi connectivity index (χ4v) is 3.30. The first kappa shape index (κ1) is 18.2. The number of rotatable bonds is 13. The van der Waals surface area contributed by atoms with Crippen LogP contribution in [0.25, 0.3) is 0 Å². The molecule has 0 amide bonds. The molecule has 1 aromatic carbocycles. The van der Waals surface area contributed by atoms with Crippen molar-refractivity contribution in [3.63, 3.8) is 0 Å². The van der Waals surface area contributed by atoms with Crippen LogP contribution in [0.1, 0.15) is 71.1 Å². The number of para-hydroxylation sites is 1. The second-order valence-corrected chi connectivity index (χ2v) is 6.94. The van der Waals surface area contributed by atoms with Crippen molar-refractivity contribution >= 4 is 8.03 Å². The fourth-order valence-electron chi connectivity index (χ4n) is 2.37. The minimum absolute atomic E-state index is 0.681. The van der Waals surface area contributed by atoms with Crippen molar-refractivity contribution in [2.24, 2.45) is 0 Å². The topological polar surface area (TPSA) is 26.3 Å². The zero-order valence-electron chi connectivity index (χ0n) is 13.4. The van der Waals surface area contributed by atoms with Gasteiger partial charge >= 0.3 is 8.03 Å². The van der Waals surface area contributed by atoms with Crippen LogP contribution in [0.5, 0.6) is 5.75 Å². The average molecular weight is 309 g/mol. The molecule has 0 saturated carbocycles. The summed E-state index contributed by atoms with van der Waals surface area (Å²) in [5.74, 6) is 0.714. The Labute approximate surface area is 131 Å². The normalized spacial score (nSPS) is 11.4. The highest BCUT2D eigenvalue weighted by atomic mass is 31.1. The van der Waals surface area contributed by atoms with Gasteiger partial charge in [-0.15, -0.1) is 0 Å². The van der Waals surface area contributed by atoms with Crippen molar-refractivity contribution in [3.05, 3.63) is 30.3 Å². The lowest BCUT2D eigenvalue weighted by molar-refractivity contribution is 0.500. The minimum Gasteiger partial charge on any atom is -0.254 e. The molecule has 0 aliphatic rings. The Morgan fingerprint density at radius 2 is 1.33 bits per heavy atom. The third-order valence-electron chi connectivity index (χ3n) is 3.64. The van der Waals surface area contributed by atoms with Crippen LogP contribution in [0.4, 0.5) is 0 Å². The van der Waals surface area contributed by atoms with E-state index in [1.807, 2.05) is 30.3 Å². The smallest absolute Gasteiger partial charge is 0.254 e. The quantitative estimate of drug-likeness (QED) is 0.298. The number of hydrogen-bond acceptors (Lipinski definition) is 2. The van der Waals surface area contributed by atoms with Gasteiger partial charge in [-0.1, -0.05) is 76.5 Å². The van der Waals surface area contributed by atoms with Crippen LogP contribution < -0.4 is 4.52 Å². The maximum Gasteiger partial charge on any atom is 0.556 e. The molecule has 1 atom stereocenters. The second-order valence-electron chi connectivity index (χ2n) is 5.64. The summed E-state index contributed by atoms with van der Waals surface area (Å²) in [6.45, 7) is 2.26. The van der Waals surface area contributed by atoms with Gasteiger partial charge in [0.1, 0.15) is 0 Å². The van der Waals surface area contributed by atoms with Crippen molar-refractivity contribution in [3.8, 4) is 5.75 Å². The Morgan fingerprint density at radius 1 is 0.810 bits per heavy atom. The molecule has 1 rings (SSSR count). The molecule has 0 N–H and O–H groups in total. The molecule has 0 bridgehead atoms. The van der Waals surface area contributed by atoms with E-state index >= 15 is 0 Å².